The first kappa shape index (κ1) is 14.7. The van der Waals surface area contributed by atoms with E-state index in [1.165, 1.54) is 0 Å². The van der Waals surface area contributed by atoms with Crippen LogP contribution < -0.4 is 5.32 Å². The summed E-state index contributed by atoms with van der Waals surface area (Å²) < 4.78 is 27.0. The van der Waals surface area contributed by atoms with Gasteiger partial charge < -0.3 is 5.32 Å². The third kappa shape index (κ3) is 3.22. The van der Waals surface area contributed by atoms with Gasteiger partial charge in [-0.3, -0.25) is 4.79 Å². The minimum absolute atomic E-state index is 0.0133. The van der Waals surface area contributed by atoms with Gasteiger partial charge in [0.25, 0.3) is 5.91 Å². The summed E-state index contributed by atoms with van der Waals surface area (Å²) in [6, 6.07) is 7.23. The van der Waals surface area contributed by atoms with Crippen molar-refractivity contribution in [2.45, 2.75) is 13.8 Å². The average Bonchev–Trinajstić information content (AvgIpc) is 2.34. The van der Waals surface area contributed by atoms with E-state index in [9.17, 15) is 13.6 Å². The highest BCUT2D eigenvalue weighted by Crippen LogP contribution is 2.24. The van der Waals surface area contributed by atoms with Crippen molar-refractivity contribution in [1.82, 2.24) is 0 Å². The summed E-state index contributed by atoms with van der Waals surface area (Å²) in [5, 5.41) is 2.37. The molecule has 2 aromatic rings. The van der Waals surface area contributed by atoms with E-state index in [1.807, 2.05) is 19.9 Å². The lowest BCUT2D eigenvalue weighted by molar-refractivity contribution is 0.102. The second kappa shape index (κ2) is 5.71. The number of benzene rings is 2. The lowest BCUT2D eigenvalue weighted by Crippen LogP contribution is -2.13. The molecule has 104 valence electrons. The molecule has 0 saturated heterocycles. The molecule has 20 heavy (non-hydrogen) atoms. The number of anilines is 1. The molecule has 0 heterocycles. The van der Waals surface area contributed by atoms with Crippen LogP contribution in [0.5, 0.6) is 0 Å². The first-order valence-corrected chi connectivity index (χ1v) is 6.70. The van der Waals surface area contributed by atoms with Gasteiger partial charge in [-0.2, -0.15) is 0 Å². The molecule has 0 saturated carbocycles. The van der Waals surface area contributed by atoms with Crippen molar-refractivity contribution in [2.24, 2.45) is 0 Å². The van der Waals surface area contributed by atoms with Crippen molar-refractivity contribution in [3.05, 3.63) is 63.1 Å². The van der Waals surface area contributed by atoms with Crippen LogP contribution in [0.1, 0.15) is 21.5 Å². The fourth-order valence-corrected chi connectivity index (χ4v) is 2.23. The van der Waals surface area contributed by atoms with Crippen LogP contribution >= 0.6 is 15.9 Å². The van der Waals surface area contributed by atoms with Gasteiger partial charge in [-0.1, -0.05) is 17.2 Å². The van der Waals surface area contributed by atoms with Gasteiger partial charge in [0.1, 0.15) is 11.6 Å². The van der Waals surface area contributed by atoms with Gasteiger partial charge in [0.05, 0.1) is 10.2 Å². The highest BCUT2D eigenvalue weighted by Gasteiger charge is 2.13. The predicted molar refractivity (Wildman–Crippen MR) is 77.9 cm³/mol. The minimum Gasteiger partial charge on any atom is -0.319 e. The Balaban J connectivity index is 2.30. The number of carbonyl (C=O) groups is 1. The summed E-state index contributed by atoms with van der Waals surface area (Å²) in [5.41, 5.74) is 2.08. The first-order chi connectivity index (χ1) is 9.36. The van der Waals surface area contributed by atoms with Gasteiger partial charge in [0.15, 0.2) is 0 Å². The maximum atomic E-state index is 13.7. The smallest absolute Gasteiger partial charge is 0.255 e. The van der Waals surface area contributed by atoms with Gasteiger partial charge in [-0.05, 0) is 48.0 Å². The molecule has 0 aliphatic rings. The number of hydrogen-bond acceptors (Lipinski definition) is 1. The Morgan fingerprint density at radius 3 is 2.20 bits per heavy atom. The van der Waals surface area contributed by atoms with Crippen LogP contribution in [0.15, 0.2) is 34.8 Å². The molecule has 1 N–H and O–H groups in total. The van der Waals surface area contributed by atoms with Crippen LogP contribution in [-0.2, 0) is 0 Å². The number of hydrogen-bond donors (Lipinski definition) is 1. The third-order valence-corrected chi connectivity index (χ3v) is 3.35. The third-order valence-electron chi connectivity index (χ3n) is 2.74. The molecule has 0 atom stereocenters. The predicted octanol–water partition coefficient (Wildman–Crippen LogP) is 4.60. The van der Waals surface area contributed by atoms with Crippen molar-refractivity contribution in [3.8, 4) is 0 Å². The summed E-state index contributed by atoms with van der Waals surface area (Å²) in [4.78, 5) is 12.1. The number of carbonyl (C=O) groups excluding carboxylic acids is 1. The van der Waals surface area contributed by atoms with Crippen LogP contribution in [0.3, 0.4) is 0 Å². The van der Waals surface area contributed by atoms with Gasteiger partial charge in [0.2, 0.25) is 0 Å². The summed E-state index contributed by atoms with van der Waals surface area (Å²) in [7, 11) is 0. The summed E-state index contributed by atoms with van der Waals surface area (Å²) in [6.45, 7) is 3.73. The molecule has 0 aliphatic heterocycles. The summed E-state index contributed by atoms with van der Waals surface area (Å²) in [6.07, 6.45) is 0. The molecule has 0 radical (unpaired) electrons. The Morgan fingerprint density at radius 2 is 1.60 bits per heavy atom. The molecule has 0 fully saturated rings. The monoisotopic (exact) mass is 339 g/mol. The molecule has 0 aliphatic carbocycles. The first-order valence-electron chi connectivity index (χ1n) is 5.91. The van der Waals surface area contributed by atoms with E-state index in [1.54, 1.807) is 12.1 Å². The van der Waals surface area contributed by atoms with E-state index in [-0.39, 0.29) is 10.2 Å². The van der Waals surface area contributed by atoms with Crippen molar-refractivity contribution in [1.29, 1.82) is 0 Å². The normalized spacial score (nSPS) is 10.4. The number of nitrogens with one attached hydrogen (secondary N) is 1. The maximum Gasteiger partial charge on any atom is 0.255 e. The Labute approximate surface area is 123 Å². The topological polar surface area (TPSA) is 29.1 Å². The Bertz CT molecular complexity index is 666. The Hall–Kier alpha value is -1.75. The number of rotatable bonds is 2. The Kier molecular flexibility index (Phi) is 4.18. The number of aryl methyl sites for hydroxylation is 2. The zero-order valence-corrected chi connectivity index (χ0v) is 12.5. The van der Waals surface area contributed by atoms with Crippen molar-refractivity contribution < 1.29 is 13.6 Å². The fraction of sp³-hybridized carbons (Fsp3) is 0.133. The molecule has 0 aromatic heterocycles. The second-order valence-electron chi connectivity index (χ2n) is 4.58. The molecule has 1 amide bonds. The van der Waals surface area contributed by atoms with Crippen molar-refractivity contribution >= 4 is 27.5 Å². The Morgan fingerprint density at radius 1 is 1.00 bits per heavy atom. The zero-order valence-electron chi connectivity index (χ0n) is 10.9. The molecule has 0 spiro atoms. The van der Waals surface area contributed by atoms with Crippen LogP contribution in [0.25, 0.3) is 0 Å². The summed E-state index contributed by atoms with van der Waals surface area (Å²) in [5.74, 6) is -1.81. The largest absolute Gasteiger partial charge is 0.319 e. The molecule has 0 bridgehead atoms. The van der Waals surface area contributed by atoms with Gasteiger partial charge in [0, 0.05) is 11.6 Å². The second-order valence-corrected chi connectivity index (χ2v) is 5.43. The standard InChI is InChI=1S/C15H12BrF2NO/c1-8-3-9(2)5-10(4-8)15(20)19-14-7-12(17)11(16)6-13(14)18/h3-7H,1-2H3,(H,19,20). The molecule has 2 rings (SSSR count). The highest BCUT2D eigenvalue weighted by molar-refractivity contribution is 9.10. The average molecular weight is 340 g/mol. The zero-order chi connectivity index (χ0) is 14.9. The number of halogens is 3. The highest BCUT2D eigenvalue weighted by atomic mass is 79.9. The van der Waals surface area contributed by atoms with Gasteiger partial charge in [-0.25, -0.2) is 8.78 Å². The van der Waals surface area contributed by atoms with E-state index in [0.717, 1.165) is 23.3 Å². The van der Waals surface area contributed by atoms with Crippen LogP contribution in [0, 0.1) is 25.5 Å². The van der Waals surface area contributed by atoms with E-state index in [0.29, 0.717) is 5.56 Å². The molecular weight excluding hydrogens is 328 g/mol. The van der Waals surface area contributed by atoms with E-state index < -0.39 is 17.5 Å². The lowest BCUT2D eigenvalue weighted by Gasteiger charge is -2.09. The van der Waals surface area contributed by atoms with E-state index >= 15 is 0 Å². The fourth-order valence-electron chi connectivity index (χ4n) is 1.92. The summed E-state index contributed by atoms with van der Waals surface area (Å²) >= 11 is 2.88. The van der Waals surface area contributed by atoms with Crippen LogP contribution in [-0.4, -0.2) is 5.91 Å². The maximum absolute atomic E-state index is 13.7. The van der Waals surface area contributed by atoms with E-state index in [4.69, 9.17) is 0 Å². The van der Waals surface area contributed by atoms with Crippen LogP contribution in [0.4, 0.5) is 14.5 Å². The molecule has 0 unspecified atom stereocenters. The van der Waals surface area contributed by atoms with E-state index in [2.05, 4.69) is 21.2 Å². The van der Waals surface area contributed by atoms with Gasteiger partial charge >= 0.3 is 0 Å². The van der Waals surface area contributed by atoms with Crippen molar-refractivity contribution in [2.75, 3.05) is 5.32 Å². The lowest BCUT2D eigenvalue weighted by atomic mass is 10.1. The van der Waals surface area contributed by atoms with Crippen LogP contribution in [0.2, 0.25) is 0 Å². The molecule has 5 heteroatoms. The molecule has 2 nitrogen and oxygen atoms in total. The minimum atomic E-state index is -0.698. The number of amides is 1. The quantitative estimate of drug-likeness (QED) is 0.796. The van der Waals surface area contributed by atoms with Gasteiger partial charge in [-0.15, -0.1) is 0 Å². The SMILES string of the molecule is Cc1cc(C)cc(C(=O)Nc2cc(F)c(Br)cc2F)c1. The van der Waals surface area contributed by atoms with Crippen molar-refractivity contribution in [3.63, 3.8) is 0 Å². The molecule has 2 aromatic carbocycles. The molecular formula is C15H12BrF2NO.